The van der Waals surface area contributed by atoms with E-state index >= 15 is 0 Å². The highest BCUT2D eigenvalue weighted by atomic mass is 16.7. The monoisotopic (exact) mass is 204 g/mol. The molecule has 0 aliphatic heterocycles. The molecule has 0 fully saturated rings. The van der Waals surface area contributed by atoms with Crippen LogP contribution >= 0.6 is 0 Å². The summed E-state index contributed by atoms with van der Waals surface area (Å²) < 4.78 is 0. The van der Waals surface area contributed by atoms with Crippen molar-refractivity contribution < 1.29 is 15.3 Å². The maximum Gasteiger partial charge on any atom is 0.281 e. The molecule has 0 aliphatic carbocycles. The summed E-state index contributed by atoms with van der Waals surface area (Å²) in [4.78, 5) is 0. The Morgan fingerprint density at radius 2 is 1.00 bits per heavy atom. The highest BCUT2D eigenvalue weighted by Crippen LogP contribution is 2.42. The predicted octanol–water partition coefficient (Wildman–Crippen LogP) is 2.00. The predicted molar refractivity (Wildman–Crippen MR) is 56.5 cm³/mol. The van der Waals surface area contributed by atoms with E-state index in [-0.39, 0.29) is 0 Å². The van der Waals surface area contributed by atoms with Gasteiger partial charge in [0, 0.05) is 0 Å². The van der Waals surface area contributed by atoms with Gasteiger partial charge in [-0.15, -0.1) is 0 Å². The number of aliphatic hydroxyl groups is 3. The largest absolute Gasteiger partial charge is 0.343 e. The first kappa shape index (κ1) is 13.9. The maximum absolute atomic E-state index is 9.43. The summed E-state index contributed by atoms with van der Waals surface area (Å²) >= 11 is 0. The molecule has 0 bridgehead atoms. The van der Waals surface area contributed by atoms with Crippen LogP contribution < -0.4 is 0 Å². The number of rotatable bonds is 7. The molecule has 3 heteroatoms. The summed E-state index contributed by atoms with van der Waals surface area (Å²) in [5, 5.41) is 28.3. The van der Waals surface area contributed by atoms with Gasteiger partial charge in [0.25, 0.3) is 5.97 Å². The third kappa shape index (κ3) is 3.23. The minimum atomic E-state index is -2.53. The van der Waals surface area contributed by atoms with E-state index in [4.69, 9.17) is 0 Å². The van der Waals surface area contributed by atoms with Crippen molar-refractivity contribution in [2.24, 2.45) is 5.41 Å². The van der Waals surface area contributed by atoms with Crippen LogP contribution in [0.1, 0.15) is 59.3 Å². The Hall–Kier alpha value is -0.120. The van der Waals surface area contributed by atoms with Crippen molar-refractivity contribution in [2.45, 2.75) is 65.3 Å². The summed E-state index contributed by atoms with van der Waals surface area (Å²) in [6.07, 6.45) is 4.50. The smallest absolute Gasteiger partial charge is 0.281 e. The molecule has 3 N–H and O–H groups in total. The summed E-state index contributed by atoms with van der Waals surface area (Å²) in [5.41, 5.74) is -0.745. The maximum atomic E-state index is 9.43. The number of hydrogen-bond donors (Lipinski definition) is 3. The van der Waals surface area contributed by atoms with Crippen molar-refractivity contribution in [1.82, 2.24) is 0 Å². The minimum Gasteiger partial charge on any atom is -0.343 e. The van der Waals surface area contributed by atoms with Crippen molar-refractivity contribution >= 4 is 0 Å². The lowest BCUT2D eigenvalue weighted by atomic mass is 9.73. The Bertz CT molecular complexity index is 132. The molecule has 0 saturated heterocycles. The molecule has 14 heavy (non-hydrogen) atoms. The van der Waals surface area contributed by atoms with E-state index in [0.717, 1.165) is 19.3 Å². The molecule has 0 saturated carbocycles. The van der Waals surface area contributed by atoms with Gasteiger partial charge >= 0.3 is 0 Å². The van der Waals surface area contributed by atoms with Crippen molar-refractivity contribution in [3.63, 3.8) is 0 Å². The van der Waals surface area contributed by atoms with E-state index in [1.54, 1.807) is 0 Å². The molecule has 0 spiro atoms. The molecule has 0 aromatic carbocycles. The molecule has 0 heterocycles. The van der Waals surface area contributed by atoms with Crippen molar-refractivity contribution in [3.8, 4) is 0 Å². The van der Waals surface area contributed by atoms with Crippen LogP contribution in [0.5, 0.6) is 0 Å². The quantitative estimate of drug-likeness (QED) is 0.556. The Balaban J connectivity index is 4.73. The van der Waals surface area contributed by atoms with E-state index in [1.807, 2.05) is 20.8 Å². The van der Waals surface area contributed by atoms with Gasteiger partial charge in [0.05, 0.1) is 5.41 Å². The molecule has 0 aliphatic rings. The van der Waals surface area contributed by atoms with Gasteiger partial charge in [-0.1, -0.05) is 40.0 Å². The second kappa shape index (κ2) is 5.69. The van der Waals surface area contributed by atoms with E-state index in [2.05, 4.69) is 0 Å². The van der Waals surface area contributed by atoms with E-state index in [0.29, 0.717) is 19.3 Å². The molecule has 0 amide bonds. The average Bonchev–Trinajstić information content (AvgIpc) is 2.03. The van der Waals surface area contributed by atoms with Crippen LogP contribution in [-0.4, -0.2) is 21.3 Å². The Morgan fingerprint density at radius 1 is 0.714 bits per heavy atom. The Morgan fingerprint density at radius 3 is 1.14 bits per heavy atom. The zero-order valence-corrected chi connectivity index (χ0v) is 9.58. The van der Waals surface area contributed by atoms with Gasteiger partial charge in [0.1, 0.15) is 0 Å². The zero-order chi connectivity index (χ0) is 11.2. The molecule has 3 nitrogen and oxygen atoms in total. The van der Waals surface area contributed by atoms with E-state index in [1.165, 1.54) is 0 Å². The van der Waals surface area contributed by atoms with Gasteiger partial charge in [0.2, 0.25) is 0 Å². The van der Waals surface area contributed by atoms with Gasteiger partial charge in [0.15, 0.2) is 0 Å². The first-order chi connectivity index (χ1) is 6.43. The van der Waals surface area contributed by atoms with Crippen molar-refractivity contribution in [1.29, 1.82) is 0 Å². The molecular weight excluding hydrogens is 180 g/mol. The first-order valence-electron chi connectivity index (χ1n) is 5.60. The standard InChI is InChI=1S/C11H24O3/c1-4-7-10(8-5-2,9-6-3)11(12,13)14/h12-14H,4-9H2,1-3H3. The highest BCUT2D eigenvalue weighted by molar-refractivity contribution is 4.84. The average molecular weight is 204 g/mol. The van der Waals surface area contributed by atoms with E-state index in [9.17, 15) is 15.3 Å². The van der Waals surface area contributed by atoms with Crippen LogP contribution in [-0.2, 0) is 0 Å². The van der Waals surface area contributed by atoms with Crippen LogP contribution in [0.4, 0.5) is 0 Å². The normalized spacial score (nSPS) is 13.3. The second-order valence-corrected chi connectivity index (χ2v) is 4.17. The third-order valence-electron chi connectivity index (χ3n) is 2.90. The lowest BCUT2D eigenvalue weighted by molar-refractivity contribution is -0.379. The van der Waals surface area contributed by atoms with Crippen molar-refractivity contribution in [2.75, 3.05) is 0 Å². The summed E-state index contributed by atoms with van der Waals surface area (Å²) in [7, 11) is 0. The van der Waals surface area contributed by atoms with Crippen LogP contribution in [0.25, 0.3) is 0 Å². The molecule has 0 aromatic rings. The fourth-order valence-corrected chi connectivity index (χ4v) is 2.31. The minimum absolute atomic E-state index is 0.651. The van der Waals surface area contributed by atoms with Crippen LogP contribution in [0.3, 0.4) is 0 Å². The molecule has 0 unspecified atom stereocenters. The summed E-state index contributed by atoms with van der Waals surface area (Å²) in [6.45, 7) is 5.98. The second-order valence-electron chi connectivity index (χ2n) is 4.17. The SMILES string of the molecule is CCCC(CCC)(CCC)C(O)(O)O. The molecule has 86 valence electrons. The third-order valence-corrected chi connectivity index (χ3v) is 2.90. The van der Waals surface area contributed by atoms with Gasteiger partial charge in [-0.2, -0.15) is 0 Å². The topological polar surface area (TPSA) is 60.7 Å². The lowest BCUT2D eigenvalue weighted by Gasteiger charge is -2.40. The summed E-state index contributed by atoms with van der Waals surface area (Å²) in [5.74, 6) is -2.53. The lowest BCUT2D eigenvalue weighted by Crippen LogP contribution is -2.48. The first-order valence-corrected chi connectivity index (χ1v) is 5.60. The highest BCUT2D eigenvalue weighted by Gasteiger charge is 2.46. The fraction of sp³-hybridized carbons (Fsp3) is 1.00. The summed E-state index contributed by atoms with van der Waals surface area (Å²) in [6, 6.07) is 0. The zero-order valence-electron chi connectivity index (χ0n) is 9.58. The Labute approximate surface area is 86.8 Å². The van der Waals surface area contributed by atoms with Gasteiger partial charge in [-0.3, -0.25) is 0 Å². The molecule has 0 aromatic heterocycles. The molecular formula is C11H24O3. The van der Waals surface area contributed by atoms with Crippen LogP contribution in [0.2, 0.25) is 0 Å². The van der Waals surface area contributed by atoms with E-state index < -0.39 is 11.4 Å². The van der Waals surface area contributed by atoms with Crippen LogP contribution in [0, 0.1) is 5.41 Å². The molecule has 0 atom stereocenters. The van der Waals surface area contributed by atoms with Gasteiger partial charge in [-0.05, 0) is 19.3 Å². The van der Waals surface area contributed by atoms with Crippen LogP contribution in [0.15, 0.2) is 0 Å². The number of hydrogen-bond acceptors (Lipinski definition) is 3. The molecule has 0 rings (SSSR count). The fourth-order valence-electron chi connectivity index (χ4n) is 2.31. The van der Waals surface area contributed by atoms with Gasteiger partial charge in [-0.25, -0.2) is 0 Å². The van der Waals surface area contributed by atoms with Gasteiger partial charge < -0.3 is 15.3 Å². The van der Waals surface area contributed by atoms with Crippen molar-refractivity contribution in [3.05, 3.63) is 0 Å². The Kier molecular flexibility index (Phi) is 5.64. The molecule has 0 radical (unpaired) electrons.